The number of amides is 6. The zero-order valence-electron chi connectivity index (χ0n) is 53.4. The maximum Gasteiger partial charge on any atom is 0.332 e. The lowest BCUT2D eigenvalue weighted by atomic mass is 9.51. The molecule has 9 N–H and O–H groups in total. The van der Waals surface area contributed by atoms with E-state index in [1.54, 1.807) is 11.9 Å². The van der Waals surface area contributed by atoms with Crippen LogP contribution in [0.15, 0.2) is 88.9 Å². The molecule has 4 aromatic carbocycles. The molecule has 2 atom stereocenters. The number of nitrogens with two attached hydrogens (primary N) is 3. The molecule has 0 aromatic heterocycles. The second-order valence-corrected chi connectivity index (χ2v) is 25.4. The number of hydrogen-bond donors (Lipinski definition) is 6. The zero-order chi connectivity index (χ0) is 66.0. The topological polar surface area (TPSA) is 337 Å². The molecule has 0 radical (unpaired) electrons. The summed E-state index contributed by atoms with van der Waals surface area (Å²) in [5.74, 6) is -1.90. The maximum atomic E-state index is 14.6. The number of carbonyl (C=O) groups excluding carboxylic acids is 6. The van der Waals surface area contributed by atoms with Crippen LogP contribution in [0.4, 0.5) is 20.9 Å². The van der Waals surface area contributed by atoms with Crippen molar-refractivity contribution in [1.29, 1.82) is 0 Å². The van der Waals surface area contributed by atoms with E-state index in [1.165, 1.54) is 11.9 Å². The minimum absolute atomic E-state index is 0.000827. The molecule has 1 unspecified atom stereocenters. The molecule has 1 saturated heterocycles. The van der Waals surface area contributed by atoms with Gasteiger partial charge in [-0.2, -0.15) is 8.42 Å². The van der Waals surface area contributed by atoms with Crippen molar-refractivity contribution in [2.75, 3.05) is 95.8 Å². The van der Waals surface area contributed by atoms with Crippen LogP contribution in [-0.2, 0) is 53.9 Å². The standard InChI is InChI=1S/C67H93FN12O11S/c1-78(36-37-89-38-39-90-40-41-91-79(2)66(86)59-45-51(76-77-72)46-80(59)65(85)47-21-26-52(27-22-47)92(68,87)88)63(84)31-32-67-56-42-48(73-60(81)18-12-6-3-9-15-33-69)23-28-53(56)64(54-29-24-49(43-57(54)67)74-61(82)19-13-7-4-10-16-34-70)55-30-25-50(44-58(55)67)75-62(83)20-14-8-5-11-17-35-71/h21-30,42-44,51,59,64H,3-20,31-41,45-46,69-71H2,1-2H3,(H,73,81)(H,74,82)(H,75,83)/t51-,59?,64?,67?/m0/s1. The number of likely N-dealkylation sites (tertiary alicyclic amines) is 1. The number of likely N-dealkylation sites (N-methyl/N-ethyl adjacent to an activating group) is 2. The normalized spacial score (nSPS) is 16.8. The van der Waals surface area contributed by atoms with E-state index >= 15 is 0 Å². The van der Waals surface area contributed by atoms with Crippen LogP contribution in [0, 0.1) is 0 Å². The molecule has 2 bridgehead atoms. The van der Waals surface area contributed by atoms with E-state index in [0.717, 1.165) is 159 Å². The molecule has 1 aliphatic heterocycles. The van der Waals surface area contributed by atoms with Crippen molar-refractivity contribution in [1.82, 2.24) is 14.9 Å². The van der Waals surface area contributed by atoms with Crippen LogP contribution in [0.25, 0.3) is 10.4 Å². The minimum Gasteiger partial charge on any atom is -0.377 e. The second-order valence-electron chi connectivity index (χ2n) is 24.0. The molecule has 23 nitrogen and oxygen atoms in total. The Kier molecular flexibility index (Phi) is 28.4. The molecule has 25 heteroatoms. The molecule has 8 rings (SSSR count). The van der Waals surface area contributed by atoms with Crippen molar-refractivity contribution < 1.29 is 55.4 Å². The Morgan fingerprint density at radius 1 is 0.620 bits per heavy atom. The third-order valence-corrected chi connectivity index (χ3v) is 18.3. The Morgan fingerprint density at radius 2 is 1.05 bits per heavy atom. The van der Waals surface area contributed by atoms with Crippen LogP contribution < -0.4 is 33.2 Å². The molecule has 92 heavy (non-hydrogen) atoms. The number of benzene rings is 4. The number of hydrogen-bond acceptors (Lipinski definition) is 15. The van der Waals surface area contributed by atoms with Gasteiger partial charge in [-0.05, 0) is 171 Å². The summed E-state index contributed by atoms with van der Waals surface area (Å²) in [5, 5.41) is 14.2. The number of halogens is 1. The lowest BCUT2D eigenvalue weighted by Gasteiger charge is -2.51. The number of ether oxygens (including phenoxy) is 2. The number of azide groups is 1. The summed E-state index contributed by atoms with van der Waals surface area (Å²) in [5.41, 5.74) is 33.0. The first-order valence-corrected chi connectivity index (χ1v) is 33.9. The first-order chi connectivity index (χ1) is 44.4. The average molecular weight is 1290 g/mol. The van der Waals surface area contributed by atoms with Gasteiger partial charge in [-0.1, -0.05) is 81.1 Å². The lowest BCUT2D eigenvalue weighted by Crippen LogP contribution is -2.46. The van der Waals surface area contributed by atoms with Gasteiger partial charge in [0.1, 0.15) is 6.04 Å². The Morgan fingerprint density at radius 3 is 1.50 bits per heavy atom. The molecule has 4 aromatic rings. The Balaban J connectivity index is 1.02. The van der Waals surface area contributed by atoms with Crippen molar-refractivity contribution in [3.05, 3.63) is 128 Å². The zero-order valence-corrected chi connectivity index (χ0v) is 54.2. The summed E-state index contributed by atoms with van der Waals surface area (Å²) >= 11 is 0. The van der Waals surface area contributed by atoms with Gasteiger partial charge >= 0.3 is 10.2 Å². The fraction of sp³-hybridized carbons (Fsp3) is 0.552. The predicted molar refractivity (Wildman–Crippen MR) is 351 cm³/mol. The van der Waals surface area contributed by atoms with Crippen LogP contribution >= 0.6 is 0 Å². The highest BCUT2D eigenvalue weighted by Gasteiger charge is 2.52. The van der Waals surface area contributed by atoms with Gasteiger partial charge in [0, 0.05) is 91.7 Å². The van der Waals surface area contributed by atoms with Gasteiger partial charge in [-0.3, -0.25) is 33.6 Å². The Hall–Kier alpha value is -7.35. The van der Waals surface area contributed by atoms with E-state index in [1.807, 2.05) is 36.4 Å². The largest absolute Gasteiger partial charge is 0.377 e. The van der Waals surface area contributed by atoms with Crippen molar-refractivity contribution in [2.45, 2.75) is 163 Å². The van der Waals surface area contributed by atoms with Crippen LogP contribution in [0.3, 0.4) is 0 Å². The van der Waals surface area contributed by atoms with Crippen LogP contribution in [0.2, 0.25) is 0 Å². The molecular formula is C67H93FN12O11S. The van der Waals surface area contributed by atoms with Crippen molar-refractivity contribution >= 4 is 62.7 Å². The average Bonchev–Trinajstić information content (AvgIpc) is 0.768. The highest BCUT2D eigenvalue weighted by molar-refractivity contribution is 7.86. The smallest absolute Gasteiger partial charge is 0.332 e. The van der Waals surface area contributed by atoms with Crippen molar-refractivity contribution in [3.63, 3.8) is 0 Å². The van der Waals surface area contributed by atoms with Crippen LogP contribution in [0.1, 0.15) is 184 Å². The van der Waals surface area contributed by atoms with Crippen LogP contribution in [-0.4, -0.2) is 151 Å². The van der Waals surface area contributed by atoms with Crippen molar-refractivity contribution in [2.24, 2.45) is 22.3 Å². The third kappa shape index (κ3) is 19.8. The number of nitrogens with zero attached hydrogens (tertiary/aromatic N) is 6. The minimum atomic E-state index is -5.00. The quantitative estimate of drug-likeness (QED) is 0.00602. The Bertz CT molecular complexity index is 3120. The van der Waals surface area contributed by atoms with E-state index in [4.69, 9.17) is 37.0 Å². The predicted octanol–water partition coefficient (Wildman–Crippen LogP) is 9.46. The first kappa shape index (κ1) is 72.1. The molecule has 0 saturated carbocycles. The molecule has 3 aliphatic carbocycles. The van der Waals surface area contributed by atoms with Gasteiger partial charge in [0.25, 0.3) is 11.8 Å². The fourth-order valence-corrected chi connectivity index (χ4v) is 13.1. The van der Waals surface area contributed by atoms with Gasteiger partial charge in [-0.25, -0.2) is 5.06 Å². The summed E-state index contributed by atoms with van der Waals surface area (Å²) in [6, 6.07) is 20.6. The fourth-order valence-electron chi connectivity index (χ4n) is 12.7. The van der Waals surface area contributed by atoms with Gasteiger partial charge in [0.05, 0.1) is 44.0 Å². The summed E-state index contributed by atoms with van der Waals surface area (Å²) in [7, 11) is -1.90. The number of anilines is 3. The summed E-state index contributed by atoms with van der Waals surface area (Å²) in [4.78, 5) is 93.1. The van der Waals surface area contributed by atoms with E-state index in [-0.39, 0.29) is 94.1 Å². The van der Waals surface area contributed by atoms with Crippen molar-refractivity contribution in [3.8, 4) is 0 Å². The van der Waals surface area contributed by atoms with Gasteiger partial charge in [0.2, 0.25) is 23.6 Å². The molecule has 6 amide bonds. The Labute approximate surface area is 540 Å². The van der Waals surface area contributed by atoms with Gasteiger partial charge in [-0.15, -0.1) is 3.89 Å². The SMILES string of the molecule is CN(CCOCCOCCON(C)C(=O)C1C[C@H](N=[N+]=[N-])CN1C(=O)c1ccc(S(=O)(=O)F)cc1)C(=O)CCC12c3cc(NC(=O)CCCCCCCN)ccc3C(c3ccc(NC(=O)CCCCCCCN)cc31)c1ccc(NC(=O)CCCCCCCN)cc12. The number of rotatable bonds is 41. The summed E-state index contributed by atoms with van der Waals surface area (Å²) < 4.78 is 47.8. The maximum absolute atomic E-state index is 14.6. The molecule has 4 aliphatic rings. The number of unbranched alkanes of at least 4 members (excludes halogenated alkanes) is 12. The first-order valence-electron chi connectivity index (χ1n) is 32.6. The van der Waals surface area contributed by atoms with E-state index in [0.29, 0.717) is 62.4 Å². The number of nitrogens with one attached hydrogen (secondary N) is 3. The monoisotopic (exact) mass is 1290 g/mol. The summed E-state index contributed by atoms with van der Waals surface area (Å²) in [6.07, 6.45) is 15.5. The number of carbonyl (C=O) groups is 6. The van der Waals surface area contributed by atoms with E-state index in [2.05, 4.69) is 44.2 Å². The lowest BCUT2D eigenvalue weighted by molar-refractivity contribution is -0.186. The summed E-state index contributed by atoms with van der Waals surface area (Å²) in [6.45, 7) is 2.66. The van der Waals surface area contributed by atoms with Gasteiger partial charge in [0.15, 0.2) is 0 Å². The molecule has 0 spiro atoms. The number of hydroxylamine groups is 2. The van der Waals surface area contributed by atoms with E-state index in [9.17, 15) is 41.1 Å². The van der Waals surface area contributed by atoms with Gasteiger partial charge < -0.3 is 52.4 Å². The highest BCUT2D eigenvalue weighted by Crippen LogP contribution is 2.62. The molecular weight excluding hydrogens is 1200 g/mol. The molecule has 1 fully saturated rings. The third-order valence-electron chi connectivity index (χ3n) is 17.5. The molecule has 1 heterocycles. The second kappa shape index (κ2) is 36.2. The van der Waals surface area contributed by atoms with E-state index < -0.39 is 44.4 Å². The highest BCUT2D eigenvalue weighted by atomic mass is 32.3. The van der Waals surface area contributed by atoms with Crippen LogP contribution in [0.5, 0.6) is 0 Å². The molecule has 500 valence electrons.